The Labute approximate surface area is 157 Å². The summed E-state index contributed by atoms with van der Waals surface area (Å²) >= 11 is 0. The molecule has 2 aliphatic rings. The van der Waals surface area contributed by atoms with Crippen LogP contribution in [-0.4, -0.2) is 48.5 Å². The Balaban J connectivity index is 1.37. The number of nitrogens with one attached hydrogen (secondary N) is 1. The van der Waals surface area contributed by atoms with Crippen LogP contribution in [-0.2, 0) is 21.4 Å². The lowest BCUT2D eigenvalue weighted by Gasteiger charge is -2.28. The quantitative estimate of drug-likeness (QED) is 0.795. The summed E-state index contributed by atoms with van der Waals surface area (Å²) in [7, 11) is -3.51. The summed E-state index contributed by atoms with van der Waals surface area (Å²) in [5.74, 6) is -0.143. The van der Waals surface area contributed by atoms with Gasteiger partial charge in [0.15, 0.2) is 5.84 Å². The molecule has 2 aliphatic heterocycles. The number of benzene rings is 1. The molecular weight excluding hydrogens is 364 g/mol. The molecule has 1 aromatic heterocycles. The largest absolute Gasteiger partial charge is 0.352 e. The number of amides is 1. The van der Waals surface area contributed by atoms with Gasteiger partial charge in [0.1, 0.15) is 0 Å². The topological polar surface area (TPSA) is 83.8 Å². The fourth-order valence-corrected chi connectivity index (χ4v) is 4.26. The minimum atomic E-state index is -3.51. The number of hydrogen-bond donors (Lipinski definition) is 1. The van der Waals surface area contributed by atoms with Crippen molar-refractivity contribution in [1.82, 2.24) is 14.8 Å². The SMILES string of the molecule is O=C(NCCCn1ccc2ccccc21)C1=CC=CN2CCS(=O)(=O)N=C12. The maximum atomic E-state index is 12.5. The van der Waals surface area contributed by atoms with Crippen LogP contribution >= 0.6 is 0 Å². The zero-order valence-electron chi connectivity index (χ0n) is 14.7. The van der Waals surface area contributed by atoms with Crippen molar-refractivity contribution in [3.8, 4) is 0 Å². The molecule has 8 heteroatoms. The first kappa shape index (κ1) is 17.5. The van der Waals surface area contributed by atoms with Crippen LogP contribution in [0.1, 0.15) is 6.42 Å². The number of aromatic nitrogens is 1. The smallest absolute Gasteiger partial charge is 0.256 e. The van der Waals surface area contributed by atoms with E-state index in [1.807, 2.05) is 18.3 Å². The van der Waals surface area contributed by atoms with Crippen LogP contribution in [0.3, 0.4) is 0 Å². The van der Waals surface area contributed by atoms with Crippen LogP contribution in [0, 0.1) is 0 Å². The van der Waals surface area contributed by atoms with Gasteiger partial charge in [-0.3, -0.25) is 4.79 Å². The summed E-state index contributed by atoms with van der Waals surface area (Å²) in [6, 6.07) is 10.2. The van der Waals surface area contributed by atoms with E-state index in [1.54, 1.807) is 23.3 Å². The van der Waals surface area contributed by atoms with Crippen LogP contribution < -0.4 is 5.32 Å². The Morgan fingerprint density at radius 3 is 2.96 bits per heavy atom. The molecule has 0 atom stereocenters. The van der Waals surface area contributed by atoms with Crippen molar-refractivity contribution in [1.29, 1.82) is 0 Å². The Morgan fingerprint density at radius 1 is 1.22 bits per heavy atom. The highest BCUT2D eigenvalue weighted by atomic mass is 32.2. The zero-order valence-corrected chi connectivity index (χ0v) is 15.5. The Morgan fingerprint density at radius 2 is 2.07 bits per heavy atom. The van der Waals surface area contributed by atoms with E-state index < -0.39 is 10.0 Å². The first-order valence-corrected chi connectivity index (χ1v) is 10.4. The van der Waals surface area contributed by atoms with Gasteiger partial charge in [-0.2, -0.15) is 0 Å². The number of aryl methyl sites for hydroxylation is 1. The number of sulfonamides is 1. The number of carbonyl (C=O) groups is 1. The minimum absolute atomic E-state index is 0.0411. The van der Waals surface area contributed by atoms with Gasteiger partial charge >= 0.3 is 0 Å². The zero-order chi connectivity index (χ0) is 18.9. The molecule has 1 N–H and O–H groups in total. The fourth-order valence-electron chi connectivity index (χ4n) is 3.28. The predicted octanol–water partition coefficient (Wildman–Crippen LogP) is 1.65. The number of para-hydroxylation sites is 1. The van der Waals surface area contributed by atoms with E-state index in [9.17, 15) is 13.2 Å². The van der Waals surface area contributed by atoms with Crippen LogP contribution in [0.5, 0.6) is 0 Å². The third-order valence-corrected chi connectivity index (χ3v) is 5.79. The summed E-state index contributed by atoms with van der Waals surface area (Å²) in [5, 5.41) is 4.06. The van der Waals surface area contributed by atoms with Gasteiger partial charge in [-0.15, -0.1) is 4.40 Å². The third kappa shape index (κ3) is 3.66. The monoisotopic (exact) mass is 384 g/mol. The van der Waals surface area contributed by atoms with E-state index >= 15 is 0 Å². The van der Waals surface area contributed by atoms with Gasteiger partial charge in [0.2, 0.25) is 0 Å². The van der Waals surface area contributed by atoms with Crippen molar-refractivity contribution in [2.45, 2.75) is 13.0 Å². The first-order chi connectivity index (χ1) is 13.0. The van der Waals surface area contributed by atoms with Crippen LogP contribution in [0.25, 0.3) is 10.9 Å². The standard InChI is InChI=1S/C19H20N4O3S/c24-19(16-6-3-10-23-13-14-27(25,26)21-18(16)23)20-9-4-11-22-12-8-15-5-1-2-7-17(15)22/h1-3,5-8,10,12H,4,9,11,13-14H2,(H,20,24). The highest BCUT2D eigenvalue weighted by molar-refractivity contribution is 7.90. The molecule has 2 aromatic rings. The van der Waals surface area contributed by atoms with Crippen LogP contribution in [0.4, 0.5) is 0 Å². The van der Waals surface area contributed by atoms with E-state index in [4.69, 9.17) is 0 Å². The normalized spacial score (nSPS) is 18.0. The van der Waals surface area contributed by atoms with E-state index in [-0.39, 0.29) is 23.1 Å². The van der Waals surface area contributed by atoms with E-state index in [1.165, 1.54) is 10.9 Å². The average molecular weight is 384 g/mol. The molecule has 0 aliphatic carbocycles. The Hall–Kier alpha value is -2.87. The highest BCUT2D eigenvalue weighted by Crippen LogP contribution is 2.18. The minimum Gasteiger partial charge on any atom is -0.352 e. The molecule has 0 spiro atoms. The van der Waals surface area contributed by atoms with Crippen molar-refractivity contribution in [2.75, 3.05) is 18.8 Å². The van der Waals surface area contributed by atoms with Gasteiger partial charge in [-0.1, -0.05) is 18.2 Å². The molecule has 3 heterocycles. The Kier molecular flexibility index (Phi) is 4.57. The molecule has 0 saturated heterocycles. The molecule has 0 unspecified atom stereocenters. The van der Waals surface area contributed by atoms with Gasteiger partial charge in [0.05, 0.1) is 11.3 Å². The van der Waals surface area contributed by atoms with Gasteiger partial charge in [-0.25, -0.2) is 8.42 Å². The molecule has 7 nitrogen and oxygen atoms in total. The van der Waals surface area contributed by atoms with Crippen molar-refractivity contribution < 1.29 is 13.2 Å². The van der Waals surface area contributed by atoms with Crippen molar-refractivity contribution in [3.63, 3.8) is 0 Å². The van der Waals surface area contributed by atoms with Gasteiger partial charge in [0, 0.05) is 37.5 Å². The molecule has 0 radical (unpaired) electrons. The van der Waals surface area contributed by atoms with Crippen LogP contribution in [0.2, 0.25) is 0 Å². The molecule has 0 bridgehead atoms. The first-order valence-electron chi connectivity index (χ1n) is 8.84. The van der Waals surface area contributed by atoms with E-state index in [0.717, 1.165) is 13.0 Å². The van der Waals surface area contributed by atoms with Gasteiger partial charge < -0.3 is 14.8 Å². The van der Waals surface area contributed by atoms with Crippen molar-refractivity contribution in [3.05, 3.63) is 60.5 Å². The maximum Gasteiger partial charge on any atom is 0.256 e. The van der Waals surface area contributed by atoms with Gasteiger partial charge in [-0.05, 0) is 36.1 Å². The van der Waals surface area contributed by atoms with Crippen LogP contribution in [0.15, 0.2) is 64.9 Å². The number of amidine groups is 1. The second kappa shape index (κ2) is 7.03. The van der Waals surface area contributed by atoms with Crippen molar-refractivity contribution >= 4 is 32.7 Å². The van der Waals surface area contributed by atoms with E-state index in [0.29, 0.717) is 13.1 Å². The summed E-state index contributed by atoms with van der Waals surface area (Å²) in [4.78, 5) is 14.2. The number of hydrogen-bond acceptors (Lipinski definition) is 4. The molecule has 0 saturated carbocycles. The highest BCUT2D eigenvalue weighted by Gasteiger charge is 2.29. The Bertz CT molecular complexity index is 1080. The number of nitrogens with zero attached hydrogens (tertiary/aromatic N) is 3. The fraction of sp³-hybridized carbons (Fsp3) is 0.263. The average Bonchev–Trinajstić information content (AvgIpc) is 3.07. The lowest BCUT2D eigenvalue weighted by atomic mass is 10.1. The molecule has 27 heavy (non-hydrogen) atoms. The van der Waals surface area contributed by atoms with E-state index in [2.05, 4.69) is 32.5 Å². The molecule has 1 aromatic carbocycles. The lowest BCUT2D eigenvalue weighted by Crippen LogP contribution is -2.42. The molecule has 140 valence electrons. The summed E-state index contributed by atoms with van der Waals surface area (Å²) in [5.41, 5.74) is 1.45. The number of fused-ring (bicyclic) bond motifs is 2. The third-order valence-electron chi connectivity index (χ3n) is 4.64. The number of allylic oxidation sites excluding steroid dienone is 2. The summed E-state index contributed by atoms with van der Waals surface area (Å²) in [6.45, 7) is 1.59. The second-order valence-corrected chi connectivity index (χ2v) is 8.25. The second-order valence-electron chi connectivity index (χ2n) is 6.49. The molecular formula is C19H20N4O3S. The number of carbonyl (C=O) groups excluding carboxylic acids is 1. The molecule has 1 amide bonds. The maximum absolute atomic E-state index is 12.5. The van der Waals surface area contributed by atoms with Gasteiger partial charge in [0.25, 0.3) is 15.9 Å². The summed E-state index contributed by atoms with van der Waals surface area (Å²) in [6.07, 6.45) is 7.88. The summed E-state index contributed by atoms with van der Waals surface area (Å²) < 4.78 is 29.5. The molecule has 0 fully saturated rings. The predicted molar refractivity (Wildman–Crippen MR) is 105 cm³/mol. The number of rotatable bonds is 5. The lowest BCUT2D eigenvalue weighted by molar-refractivity contribution is -0.117. The van der Waals surface area contributed by atoms with Crippen molar-refractivity contribution in [2.24, 2.45) is 4.40 Å². The molecule has 4 rings (SSSR count).